The zero-order valence-electron chi connectivity index (χ0n) is 14.4. The fraction of sp³-hybridized carbons (Fsp3) is 0.158. The van der Waals surface area contributed by atoms with Crippen LogP contribution in [0.15, 0.2) is 59.3 Å². The number of rotatable bonds is 7. The molecule has 8 heteroatoms. The van der Waals surface area contributed by atoms with Crippen molar-refractivity contribution in [2.45, 2.75) is 13.1 Å². The van der Waals surface area contributed by atoms with Gasteiger partial charge in [-0.05, 0) is 35.0 Å². The molecule has 0 unspecified atom stereocenters. The summed E-state index contributed by atoms with van der Waals surface area (Å²) >= 11 is 3.23. The molecule has 2 aromatic heterocycles. The third-order valence-corrected chi connectivity index (χ3v) is 5.38. The van der Waals surface area contributed by atoms with E-state index in [4.69, 9.17) is 0 Å². The Balaban J connectivity index is 1.58. The van der Waals surface area contributed by atoms with Crippen molar-refractivity contribution in [3.05, 3.63) is 74.9 Å². The molecule has 3 rings (SSSR count). The molecule has 0 fully saturated rings. The lowest BCUT2D eigenvalue weighted by molar-refractivity contribution is -0.121. The van der Waals surface area contributed by atoms with Gasteiger partial charge in [-0.25, -0.2) is 9.18 Å². The number of carbonyl (C=O) groups is 2. The summed E-state index contributed by atoms with van der Waals surface area (Å²) in [6, 6.07) is 13.0. The van der Waals surface area contributed by atoms with Crippen molar-refractivity contribution in [1.82, 2.24) is 10.2 Å². The van der Waals surface area contributed by atoms with Gasteiger partial charge >= 0.3 is 6.03 Å². The number of nitrogens with one attached hydrogen (secondary N) is 2. The average molecular weight is 404 g/mol. The Morgan fingerprint density at radius 3 is 2.11 bits per heavy atom. The fourth-order valence-corrected chi connectivity index (χ4v) is 3.99. The van der Waals surface area contributed by atoms with Crippen LogP contribution in [0.4, 0.5) is 14.9 Å². The molecule has 5 nitrogen and oxygen atoms in total. The summed E-state index contributed by atoms with van der Waals surface area (Å²) in [6.45, 7) is 1.27. The highest BCUT2D eigenvalue weighted by Gasteiger charge is 2.16. The molecule has 0 saturated carbocycles. The van der Waals surface area contributed by atoms with Crippen LogP contribution in [0.2, 0.25) is 0 Å². The zero-order valence-corrected chi connectivity index (χ0v) is 16.0. The van der Waals surface area contributed by atoms with Crippen LogP contribution in [0, 0.1) is 5.82 Å². The molecule has 0 aliphatic heterocycles. The molecule has 0 aliphatic rings. The van der Waals surface area contributed by atoms with Crippen molar-refractivity contribution in [2.24, 2.45) is 0 Å². The summed E-state index contributed by atoms with van der Waals surface area (Å²) in [5.41, 5.74) is 0.0248. The molecule has 2 heterocycles. The van der Waals surface area contributed by atoms with E-state index in [1.807, 2.05) is 39.9 Å². The van der Waals surface area contributed by atoms with E-state index >= 15 is 0 Å². The second kappa shape index (κ2) is 9.40. The smallest absolute Gasteiger partial charge is 0.305 e. The van der Waals surface area contributed by atoms with E-state index in [1.165, 1.54) is 18.2 Å². The maximum absolute atomic E-state index is 13.6. The molecule has 0 atom stereocenters. The van der Waals surface area contributed by atoms with Gasteiger partial charge in [0.05, 0.1) is 12.2 Å². The van der Waals surface area contributed by atoms with Crippen LogP contribution in [-0.4, -0.2) is 23.4 Å². The average Bonchev–Trinajstić information content (AvgIpc) is 3.31. The summed E-state index contributed by atoms with van der Waals surface area (Å²) in [6.07, 6.45) is 0. The Hall–Kier alpha value is -2.55. The monoisotopic (exact) mass is 403 g/mol. The van der Waals surface area contributed by atoms with E-state index in [1.54, 1.807) is 28.7 Å². The first-order valence-corrected chi connectivity index (χ1v) is 9.98. The number of halogens is 1. The normalized spacial score (nSPS) is 10.7. The number of thiophene rings is 2. The van der Waals surface area contributed by atoms with Crippen molar-refractivity contribution in [1.29, 1.82) is 0 Å². The van der Waals surface area contributed by atoms with Gasteiger partial charge in [0, 0.05) is 22.8 Å². The largest absolute Gasteiger partial charge is 0.326 e. The number of amides is 3. The highest BCUT2D eigenvalue weighted by molar-refractivity contribution is 7.10. The molecule has 3 amide bonds. The van der Waals surface area contributed by atoms with Crippen molar-refractivity contribution in [2.75, 3.05) is 11.9 Å². The molecule has 27 heavy (non-hydrogen) atoms. The minimum absolute atomic E-state index is 0.0248. The van der Waals surface area contributed by atoms with Crippen LogP contribution >= 0.6 is 22.7 Å². The minimum Gasteiger partial charge on any atom is -0.305 e. The molecule has 2 N–H and O–H groups in total. The molecule has 0 aliphatic carbocycles. The Labute approximate surface area is 164 Å². The molecule has 1 aromatic carbocycles. The maximum Gasteiger partial charge on any atom is 0.326 e. The number of imide groups is 1. The second-order valence-corrected chi connectivity index (χ2v) is 7.85. The molecule has 3 aromatic rings. The second-order valence-electron chi connectivity index (χ2n) is 5.79. The van der Waals surface area contributed by atoms with E-state index in [0.717, 1.165) is 9.75 Å². The maximum atomic E-state index is 13.6. The van der Waals surface area contributed by atoms with E-state index in [9.17, 15) is 14.0 Å². The van der Waals surface area contributed by atoms with Gasteiger partial charge in [0.2, 0.25) is 5.91 Å². The van der Waals surface area contributed by atoms with Gasteiger partial charge in [-0.1, -0.05) is 24.3 Å². The van der Waals surface area contributed by atoms with Crippen LogP contribution < -0.4 is 10.6 Å². The number of benzene rings is 1. The third kappa shape index (κ3) is 5.99. The predicted octanol–water partition coefficient (Wildman–Crippen LogP) is 4.30. The predicted molar refractivity (Wildman–Crippen MR) is 106 cm³/mol. The van der Waals surface area contributed by atoms with E-state index in [2.05, 4.69) is 10.6 Å². The van der Waals surface area contributed by atoms with Crippen molar-refractivity contribution in [3.8, 4) is 0 Å². The lowest BCUT2D eigenvalue weighted by Crippen LogP contribution is -2.41. The minimum atomic E-state index is -0.753. The van der Waals surface area contributed by atoms with E-state index in [-0.39, 0.29) is 12.2 Å². The van der Waals surface area contributed by atoms with Gasteiger partial charge in [0.1, 0.15) is 5.82 Å². The summed E-state index contributed by atoms with van der Waals surface area (Å²) in [4.78, 5) is 28.5. The van der Waals surface area contributed by atoms with Crippen LogP contribution in [0.1, 0.15) is 9.75 Å². The van der Waals surface area contributed by atoms with E-state index < -0.39 is 17.8 Å². The van der Waals surface area contributed by atoms with Crippen molar-refractivity contribution in [3.63, 3.8) is 0 Å². The van der Waals surface area contributed by atoms with Gasteiger partial charge in [0.25, 0.3) is 0 Å². The Bertz CT molecular complexity index is 846. The Morgan fingerprint density at radius 2 is 1.56 bits per heavy atom. The number of anilines is 1. The molecule has 140 valence electrons. The van der Waals surface area contributed by atoms with Crippen LogP contribution in [0.5, 0.6) is 0 Å². The van der Waals surface area contributed by atoms with Crippen LogP contribution in [-0.2, 0) is 17.9 Å². The summed E-state index contributed by atoms with van der Waals surface area (Å²) < 4.78 is 13.6. The number of para-hydroxylation sites is 1. The summed E-state index contributed by atoms with van der Waals surface area (Å²) in [5, 5.41) is 8.57. The fourth-order valence-electron chi connectivity index (χ4n) is 2.50. The Morgan fingerprint density at radius 1 is 0.926 bits per heavy atom. The molecule has 0 bridgehead atoms. The third-order valence-electron chi connectivity index (χ3n) is 3.66. The number of carbonyl (C=O) groups excluding carboxylic acids is 2. The molecule has 0 saturated heterocycles. The van der Waals surface area contributed by atoms with Gasteiger partial charge < -0.3 is 5.32 Å². The summed E-state index contributed by atoms with van der Waals surface area (Å²) in [5.74, 6) is -1.01. The molecule has 0 spiro atoms. The number of hydrogen-bond acceptors (Lipinski definition) is 5. The highest BCUT2D eigenvalue weighted by atomic mass is 32.1. The quantitative estimate of drug-likeness (QED) is 0.618. The number of nitrogens with zero attached hydrogens (tertiary/aromatic N) is 1. The van der Waals surface area contributed by atoms with Gasteiger partial charge in [-0.2, -0.15) is 0 Å². The SMILES string of the molecule is O=C(CN(Cc1cccs1)Cc1cccs1)NC(=O)Nc1ccccc1F. The number of hydrogen-bond donors (Lipinski definition) is 2. The summed E-state index contributed by atoms with van der Waals surface area (Å²) in [7, 11) is 0. The van der Waals surface area contributed by atoms with Gasteiger partial charge in [0.15, 0.2) is 0 Å². The molecular formula is C19H18FN3O2S2. The van der Waals surface area contributed by atoms with Gasteiger partial charge in [-0.3, -0.25) is 15.0 Å². The highest BCUT2D eigenvalue weighted by Crippen LogP contribution is 2.17. The standard InChI is InChI=1S/C19H18FN3O2S2/c20-16-7-1-2-8-17(16)21-19(25)22-18(24)13-23(11-14-5-3-9-26-14)12-15-6-4-10-27-15/h1-10H,11-13H2,(H2,21,22,24,25). The first-order chi connectivity index (χ1) is 13.1. The van der Waals surface area contributed by atoms with Crippen molar-refractivity contribution >= 4 is 40.3 Å². The first-order valence-electron chi connectivity index (χ1n) is 8.22. The van der Waals surface area contributed by atoms with E-state index in [0.29, 0.717) is 13.1 Å². The van der Waals surface area contributed by atoms with Crippen LogP contribution in [0.25, 0.3) is 0 Å². The van der Waals surface area contributed by atoms with Crippen molar-refractivity contribution < 1.29 is 14.0 Å². The topological polar surface area (TPSA) is 61.4 Å². The lowest BCUT2D eigenvalue weighted by atomic mass is 10.3. The lowest BCUT2D eigenvalue weighted by Gasteiger charge is -2.20. The van der Waals surface area contributed by atoms with Gasteiger partial charge in [-0.15, -0.1) is 22.7 Å². The first kappa shape index (κ1) is 19.2. The zero-order chi connectivity index (χ0) is 19.1. The Kier molecular flexibility index (Phi) is 6.69. The van der Waals surface area contributed by atoms with Crippen LogP contribution in [0.3, 0.4) is 0 Å². The number of urea groups is 1. The molecular weight excluding hydrogens is 385 g/mol. The molecule has 0 radical (unpaired) electrons.